The molecule has 0 fully saturated rings. The first kappa shape index (κ1) is 18.9. The van der Waals surface area contributed by atoms with E-state index in [0.29, 0.717) is 53.3 Å². The van der Waals surface area contributed by atoms with Crippen molar-refractivity contribution in [2.24, 2.45) is 0 Å². The van der Waals surface area contributed by atoms with Gasteiger partial charge in [-0.2, -0.15) is 0 Å². The fraction of sp³-hybridized carbons (Fsp3) is 0.130. The number of aromatic nitrogens is 4. The molecule has 3 aromatic heterocycles. The summed E-state index contributed by atoms with van der Waals surface area (Å²) in [7, 11) is 0. The first-order chi connectivity index (χ1) is 15.1. The summed E-state index contributed by atoms with van der Waals surface area (Å²) in [5, 5.41) is 0.232. The van der Waals surface area contributed by atoms with Gasteiger partial charge in [-0.1, -0.05) is 30.3 Å². The van der Waals surface area contributed by atoms with Crippen molar-refractivity contribution >= 4 is 28.0 Å². The van der Waals surface area contributed by atoms with Crippen molar-refractivity contribution < 1.29 is 8.81 Å². The Morgan fingerprint density at radius 2 is 1.90 bits per heavy atom. The lowest BCUT2D eigenvalue weighted by atomic mass is 10.00. The number of fused-ring (bicyclic) bond motifs is 2. The summed E-state index contributed by atoms with van der Waals surface area (Å²) in [5.41, 5.74) is 8.40. The maximum absolute atomic E-state index is 13.8. The summed E-state index contributed by atoms with van der Waals surface area (Å²) in [6.45, 7) is 0.604. The summed E-state index contributed by atoms with van der Waals surface area (Å²) in [5.74, 6) is 0.427. The third kappa shape index (κ3) is 3.42. The Labute approximate surface area is 176 Å². The van der Waals surface area contributed by atoms with Crippen molar-refractivity contribution in [1.29, 1.82) is 0 Å². The largest absolute Gasteiger partial charge is 0.460 e. The average molecular weight is 415 g/mol. The van der Waals surface area contributed by atoms with Crippen molar-refractivity contribution in [1.82, 2.24) is 19.5 Å². The van der Waals surface area contributed by atoms with E-state index >= 15 is 0 Å². The fourth-order valence-electron chi connectivity index (χ4n) is 3.76. The van der Waals surface area contributed by atoms with Crippen LogP contribution in [0.5, 0.6) is 0 Å². The number of imidazole rings is 1. The van der Waals surface area contributed by atoms with Crippen LogP contribution in [0, 0.1) is 5.82 Å². The van der Waals surface area contributed by atoms with Crippen molar-refractivity contribution in [3.63, 3.8) is 0 Å². The minimum Gasteiger partial charge on any atom is -0.460 e. The van der Waals surface area contributed by atoms with E-state index in [4.69, 9.17) is 10.2 Å². The molecule has 0 aliphatic carbocycles. The third-order valence-corrected chi connectivity index (χ3v) is 5.22. The first-order valence-electron chi connectivity index (χ1n) is 9.84. The van der Waals surface area contributed by atoms with Gasteiger partial charge < -0.3 is 14.7 Å². The summed E-state index contributed by atoms with van der Waals surface area (Å²) in [6.07, 6.45) is 4.26. The number of nitrogen functional groups attached to an aromatic ring is 1. The van der Waals surface area contributed by atoms with Gasteiger partial charge in [0.2, 0.25) is 5.43 Å². The number of nitrogens with zero attached hydrogens (tertiary/aromatic N) is 4. The second-order valence-corrected chi connectivity index (χ2v) is 7.21. The van der Waals surface area contributed by atoms with Crippen molar-refractivity contribution in [2.75, 3.05) is 5.73 Å². The van der Waals surface area contributed by atoms with Crippen LogP contribution >= 0.6 is 0 Å². The quantitative estimate of drug-likeness (QED) is 0.466. The zero-order chi connectivity index (χ0) is 21.4. The SMILES string of the molecule is Nc1ncnc2c1ncn2CCCc1oc2ccc(F)cc2c(=O)c1-c1ccccc1. The molecular formula is C23H18FN5O2. The maximum Gasteiger partial charge on any atom is 0.200 e. The Balaban J connectivity index is 1.52. The molecule has 2 aromatic carbocycles. The molecule has 0 bridgehead atoms. The Morgan fingerprint density at radius 3 is 2.74 bits per heavy atom. The highest BCUT2D eigenvalue weighted by molar-refractivity contribution is 5.83. The summed E-state index contributed by atoms with van der Waals surface area (Å²) >= 11 is 0. The van der Waals surface area contributed by atoms with Crippen LogP contribution < -0.4 is 11.2 Å². The summed E-state index contributed by atoms with van der Waals surface area (Å²) in [4.78, 5) is 25.7. The lowest BCUT2D eigenvalue weighted by Crippen LogP contribution is -2.10. The molecule has 0 aliphatic heterocycles. The fourth-order valence-corrected chi connectivity index (χ4v) is 3.76. The standard InChI is InChI=1S/C23H18FN5O2/c24-15-8-9-17-16(11-15)21(30)19(14-5-2-1-3-6-14)18(31-17)7-4-10-29-13-28-20-22(25)26-12-27-23(20)29/h1-3,5-6,8-9,11-13H,4,7,10H2,(H2,25,26,27). The molecule has 0 amide bonds. The van der Waals surface area contributed by atoms with Crippen molar-refractivity contribution in [3.05, 3.63) is 83.0 Å². The highest BCUT2D eigenvalue weighted by Gasteiger charge is 2.17. The molecule has 0 spiro atoms. The van der Waals surface area contributed by atoms with Crippen LogP contribution in [-0.2, 0) is 13.0 Å². The molecule has 31 heavy (non-hydrogen) atoms. The number of benzene rings is 2. The molecule has 0 saturated heterocycles. The second kappa shape index (κ2) is 7.64. The van der Waals surface area contributed by atoms with Crippen LogP contribution in [0.4, 0.5) is 10.2 Å². The van der Waals surface area contributed by atoms with E-state index in [1.807, 2.05) is 34.9 Å². The van der Waals surface area contributed by atoms with E-state index < -0.39 is 5.82 Å². The van der Waals surface area contributed by atoms with E-state index in [-0.39, 0.29) is 10.8 Å². The third-order valence-electron chi connectivity index (χ3n) is 5.22. The lowest BCUT2D eigenvalue weighted by molar-refractivity contribution is 0.513. The normalized spacial score (nSPS) is 11.4. The molecule has 154 valence electrons. The van der Waals surface area contributed by atoms with E-state index in [1.165, 1.54) is 24.5 Å². The number of anilines is 1. The van der Waals surface area contributed by atoms with Crippen LogP contribution in [0.2, 0.25) is 0 Å². The van der Waals surface area contributed by atoms with E-state index in [2.05, 4.69) is 15.0 Å². The predicted octanol–water partition coefficient (Wildman–Crippen LogP) is 3.95. The average Bonchev–Trinajstić information content (AvgIpc) is 3.19. The van der Waals surface area contributed by atoms with Gasteiger partial charge >= 0.3 is 0 Å². The van der Waals surface area contributed by atoms with Crippen LogP contribution in [0.3, 0.4) is 0 Å². The molecule has 2 N–H and O–H groups in total. The van der Waals surface area contributed by atoms with Crippen LogP contribution in [0.1, 0.15) is 12.2 Å². The molecule has 0 aliphatic rings. The number of rotatable bonds is 5. The van der Waals surface area contributed by atoms with E-state index in [0.717, 1.165) is 5.56 Å². The second-order valence-electron chi connectivity index (χ2n) is 7.21. The van der Waals surface area contributed by atoms with Gasteiger partial charge in [-0.25, -0.2) is 19.3 Å². The first-order valence-corrected chi connectivity index (χ1v) is 9.84. The highest BCUT2D eigenvalue weighted by Crippen LogP contribution is 2.26. The van der Waals surface area contributed by atoms with Gasteiger partial charge in [0, 0.05) is 13.0 Å². The molecular weight excluding hydrogens is 397 g/mol. The molecule has 0 atom stereocenters. The number of nitrogens with two attached hydrogens (primary N) is 1. The minimum absolute atomic E-state index is 0.232. The van der Waals surface area contributed by atoms with Crippen LogP contribution in [0.25, 0.3) is 33.3 Å². The van der Waals surface area contributed by atoms with Gasteiger partial charge in [-0.05, 0) is 30.2 Å². The highest BCUT2D eigenvalue weighted by atomic mass is 19.1. The van der Waals surface area contributed by atoms with Gasteiger partial charge in [-0.3, -0.25) is 4.79 Å². The lowest BCUT2D eigenvalue weighted by Gasteiger charge is -2.11. The zero-order valence-electron chi connectivity index (χ0n) is 16.5. The van der Waals surface area contributed by atoms with E-state index in [9.17, 15) is 9.18 Å². The van der Waals surface area contributed by atoms with E-state index in [1.54, 1.807) is 6.33 Å². The number of aryl methyl sites for hydroxylation is 2. The summed E-state index contributed by atoms with van der Waals surface area (Å²) in [6, 6.07) is 13.3. The van der Waals surface area contributed by atoms with Crippen molar-refractivity contribution in [3.8, 4) is 11.1 Å². The molecule has 5 rings (SSSR count). The zero-order valence-corrected chi connectivity index (χ0v) is 16.5. The smallest absolute Gasteiger partial charge is 0.200 e. The van der Waals surface area contributed by atoms with Crippen LogP contribution in [0.15, 0.2) is 70.4 Å². The Hall–Kier alpha value is -4.07. The van der Waals surface area contributed by atoms with Crippen LogP contribution in [-0.4, -0.2) is 19.5 Å². The van der Waals surface area contributed by atoms with Gasteiger partial charge in [0.15, 0.2) is 11.5 Å². The molecule has 3 heterocycles. The maximum atomic E-state index is 13.8. The molecule has 5 aromatic rings. The Morgan fingerprint density at radius 1 is 1.06 bits per heavy atom. The molecule has 0 saturated carbocycles. The summed E-state index contributed by atoms with van der Waals surface area (Å²) < 4.78 is 21.7. The molecule has 0 unspecified atom stereocenters. The number of hydrogen-bond donors (Lipinski definition) is 1. The topological polar surface area (TPSA) is 99.8 Å². The number of halogens is 1. The molecule has 8 heteroatoms. The van der Waals surface area contributed by atoms with Gasteiger partial charge in [-0.15, -0.1) is 0 Å². The molecule has 7 nitrogen and oxygen atoms in total. The van der Waals surface area contributed by atoms with Gasteiger partial charge in [0.1, 0.15) is 29.0 Å². The Kier molecular flexibility index (Phi) is 4.66. The Bertz CT molecular complexity index is 1460. The van der Waals surface area contributed by atoms with Gasteiger partial charge in [0.25, 0.3) is 0 Å². The minimum atomic E-state index is -0.472. The predicted molar refractivity (Wildman–Crippen MR) is 116 cm³/mol. The van der Waals surface area contributed by atoms with Gasteiger partial charge in [0.05, 0.1) is 17.3 Å². The molecule has 0 radical (unpaired) electrons. The van der Waals surface area contributed by atoms with Crippen molar-refractivity contribution in [2.45, 2.75) is 19.4 Å². The monoisotopic (exact) mass is 415 g/mol. The number of hydrogen-bond acceptors (Lipinski definition) is 6.